The van der Waals surface area contributed by atoms with Crippen LogP contribution < -0.4 is 10.0 Å². The summed E-state index contributed by atoms with van der Waals surface area (Å²) < 4.78 is 54.3. The molecular weight excluding hydrogens is 386 g/mol. The van der Waals surface area contributed by atoms with E-state index in [-0.39, 0.29) is 22.7 Å². The number of carbonyl (C=O) groups is 1. The van der Waals surface area contributed by atoms with Crippen LogP contribution in [0, 0.1) is 11.6 Å². The zero-order valence-corrected chi connectivity index (χ0v) is 15.3. The monoisotopic (exact) mass is 402 g/mol. The minimum absolute atomic E-state index is 0.0633. The minimum Gasteiger partial charge on any atom is -0.319 e. The molecule has 0 fully saturated rings. The van der Waals surface area contributed by atoms with E-state index in [0.29, 0.717) is 0 Å². The molecule has 1 amide bonds. The fraction of sp³-hybridized carbons (Fsp3) is 0.0500. The van der Waals surface area contributed by atoms with Crippen molar-refractivity contribution >= 4 is 21.6 Å². The first-order valence-electron chi connectivity index (χ1n) is 8.25. The minimum atomic E-state index is -3.93. The lowest BCUT2D eigenvalue weighted by Gasteiger charge is -2.10. The van der Waals surface area contributed by atoms with Crippen LogP contribution in [0.3, 0.4) is 0 Å². The highest BCUT2D eigenvalue weighted by molar-refractivity contribution is 7.89. The summed E-state index contributed by atoms with van der Waals surface area (Å²) in [5, 5.41) is 2.33. The van der Waals surface area contributed by atoms with Crippen LogP contribution in [-0.4, -0.2) is 14.3 Å². The van der Waals surface area contributed by atoms with Crippen molar-refractivity contribution in [3.05, 3.63) is 95.6 Å². The van der Waals surface area contributed by atoms with Crippen LogP contribution >= 0.6 is 0 Å². The number of hydrogen-bond donors (Lipinski definition) is 2. The van der Waals surface area contributed by atoms with E-state index in [1.165, 1.54) is 18.2 Å². The van der Waals surface area contributed by atoms with E-state index >= 15 is 0 Å². The molecule has 5 nitrogen and oxygen atoms in total. The number of benzene rings is 3. The topological polar surface area (TPSA) is 75.3 Å². The van der Waals surface area contributed by atoms with Crippen molar-refractivity contribution in [2.24, 2.45) is 0 Å². The van der Waals surface area contributed by atoms with Crippen LogP contribution in [0.4, 0.5) is 14.5 Å². The molecule has 0 aromatic heterocycles. The number of sulfonamides is 1. The molecule has 0 bridgehead atoms. The van der Waals surface area contributed by atoms with Gasteiger partial charge in [-0.1, -0.05) is 30.3 Å². The van der Waals surface area contributed by atoms with Crippen molar-refractivity contribution in [1.29, 1.82) is 0 Å². The van der Waals surface area contributed by atoms with Crippen molar-refractivity contribution in [2.75, 3.05) is 5.32 Å². The third-order valence-corrected chi connectivity index (χ3v) is 5.31. The molecule has 8 heteroatoms. The van der Waals surface area contributed by atoms with E-state index in [0.717, 1.165) is 29.8 Å². The average molecular weight is 402 g/mol. The molecule has 2 N–H and O–H groups in total. The predicted octanol–water partition coefficient (Wildman–Crippen LogP) is 3.70. The lowest BCUT2D eigenvalue weighted by atomic mass is 10.2. The number of carbonyl (C=O) groups excluding carboxylic acids is 1. The van der Waals surface area contributed by atoms with Gasteiger partial charge in [-0.25, -0.2) is 21.9 Å². The molecule has 0 aliphatic rings. The number of anilines is 1. The highest BCUT2D eigenvalue weighted by atomic mass is 32.2. The number of nitrogens with one attached hydrogen (secondary N) is 2. The predicted molar refractivity (Wildman–Crippen MR) is 101 cm³/mol. The van der Waals surface area contributed by atoms with Crippen LogP contribution in [0.5, 0.6) is 0 Å². The molecule has 3 aromatic carbocycles. The quantitative estimate of drug-likeness (QED) is 0.660. The zero-order chi connectivity index (χ0) is 20.1. The molecule has 0 saturated heterocycles. The summed E-state index contributed by atoms with van der Waals surface area (Å²) in [5.74, 6) is -2.05. The lowest BCUT2D eigenvalue weighted by molar-refractivity contribution is 0.102. The van der Waals surface area contributed by atoms with Gasteiger partial charge < -0.3 is 5.32 Å². The molecule has 0 spiro atoms. The summed E-state index contributed by atoms with van der Waals surface area (Å²) in [6.45, 7) is 0.0633. The molecule has 0 aliphatic carbocycles. The highest BCUT2D eigenvalue weighted by Crippen LogP contribution is 2.20. The Morgan fingerprint density at radius 1 is 0.893 bits per heavy atom. The standard InChI is InChI=1S/C20H16F2N2O3S/c21-16-8-6-15(7-9-16)20(25)24-19-11-10-17(12-18(19)22)28(26,27)23-13-14-4-2-1-3-5-14/h1-12,23H,13H2,(H,24,25). The van der Waals surface area contributed by atoms with Gasteiger partial charge in [0.25, 0.3) is 5.91 Å². The van der Waals surface area contributed by atoms with Crippen molar-refractivity contribution in [1.82, 2.24) is 4.72 Å². The second-order valence-corrected chi connectivity index (χ2v) is 7.68. The number of hydrogen-bond acceptors (Lipinski definition) is 3. The van der Waals surface area contributed by atoms with Gasteiger partial charge in [0.05, 0.1) is 10.6 Å². The van der Waals surface area contributed by atoms with E-state index in [1.54, 1.807) is 24.3 Å². The van der Waals surface area contributed by atoms with E-state index in [4.69, 9.17) is 0 Å². The van der Waals surface area contributed by atoms with Crippen LogP contribution in [0.2, 0.25) is 0 Å². The lowest BCUT2D eigenvalue weighted by Crippen LogP contribution is -2.23. The van der Waals surface area contributed by atoms with Gasteiger partial charge in [0, 0.05) is 12.1 Å². The normalized spacial score (nSPS) is 11.2. The van der Waals surface area contributed by atoms with E-state index in [9.17, 15) is 22.0 Å². The molecule has 3 aromatic rings. The molecule has 0 heterocycles. The molecular formula is C20H16F2N2O3S. The first-order valence-corrected chi connectivity index (χ1v) is 9.73. The summed E-state index contributed by atoms with van der Waals surface area (Å²) in [6.07, 6.45) is 0. The van der Waals surface area contributed by atoms with Gasteiger partial charge in [0.2, 0.25) is 10.0 Å². The number of halogens is 2. The van der Waals surface area contributed by atoms with Gasteiger partial charge in [-0.15, -0.1) is 0 Å². The second kappa shape index (κ2) is 8.28. The largest absolute Gasteiger partial charge is 0.319 e. The number of amides is 1. The molecule has 0 radical (unpaired) electrons. The summed E-state index contributed by atoms with van der Waals surface area (Å²) in [6, 6.07) is 16.8. The Bertz CT molecular complexity index is 1090. The molecule has 0 aliphatic heterocycles. The van der Waals surface area contributed by atoms with Gasteiger partial charge in [0.15, 0.2) is 0 Å². The third kappa shape index (κ3) is 4.79. The van der Waals surface area contributed by atoms with Gasteiger partial charge in [-0.05, 0) is 48.0 Å². The summed E-state index contributed by atoms with van der Waals surface area (Å²) in [7, 11) is -3.93. The molecule has 28 heavy (non-hydrogen) atoms. The van der Waals surface area contributed by atoms with Crippen LogP contribution in [-0.2, 0) is 16.6 Å². The second-order valence-electron chi connectivity index (χ2n) is 5.91. The third-order valence-electron chi connectivity index (χ3n) is 3.91. The molecule has 0 unspecified atom stereocenters. The van der Waals surface area contributed by atoms with Crippen molar-refractivity contribution in [3.63, 3.8) is 0 Å². The van der Waals surface area contributed by atoms with Crippen LogP contribution in [0.15, 0.2) is 77.7 Å². The van der Waals surface area contributed by atoms with E-state index < -0.39 is 27.6 Å². The maximum Gasteiger partial charge on any atom is 0.255 e. The SMILES string of the molecule is O=C(Nc1ccc(S(=O)(=O)NCc2ccccc2)cc1F)c1ccc(F)cc1. The smallest absolute Gasteiger partial charge is 0.255 e. The van der Waals surface area contributed by atoms with Crippen molar-refractivity contribution < 1.29 is 22.0 Å². The van der Waals surface area contributed by atoms with Gasteiger partial charge in [-0.2, -0.15) is 0 Å². The maximum atomic E-state index is 14.3. The summed E-state index contributed by atoms with van der Waals surface area (Å²) >= 11 is 0. The van der Waals surface area contributed by atoms with Crippen LogP contribution in [0.1, 0.15) is 15.9 Å². The van der Waals surface area contributed by atoms with Crippen LogP contribution in [0.25, 0.3) is 0 Å². The fourth-order valence-corrected chi connectivity index (χ4v) is 3.45. The summed E-state index contributed by atoms with van der Waals surface area (Å²) in [5.41, 5.74) is 0.716. The summed E-state index contributed by atoms with van der Waals surface area (Å²) in [4.78, 5) is 11.8. The van der Waals surface area contributed by atoms with Crippen molar-refractivity contribution in [2.45, 2.75) is 11.4 Å². The molecule has 0 atom stereocenters. The zero-order valence-electron chi connectivity index (χ0n) is 14.5. The van der Waals surface area contributed by atoms with Crippen molar-refractivity contribution in [3.8, 4) is 0 Å². The Morgan fingerprint density at radius 3 is 2.21 bits per heavy atom. The van der Waals surface area contributed by atoms with E-state index in [2.05, 4.69) is 10.0 Å². The Morgan fingerprint density at radius 2 is 1.57 bits per heavy atom. The molecule has 3 rings (SSSR count). The number of rotatable bonds is 6. The Labute approximate surface area is 161 Å². The first-order chi connectivity index (χ1) is 13.3. The first kappa shape index (κ1) is 19.7. The Balaban J connectivity index is 1.72. The Kier molecular flexibility index (Phi) is 5.81. The molecule has 0 saturated carbocycles. The molecule has 144 valence electrons. The van der Waals surface area contributed by atoms with Gasteiger partial charge in [0.1, 0.15) is 11.6 Å². The van der Waals surface area contributed by atoms with E-state index in [1.807, 2.05) is 6.07 Å². The fourth-order valence-electron chi connectivity index (χ4n) is 2.42. The van der Waals surface area contributed by atoms with Gasteiger partial charge >= 0.3 is 0 Å². The van der Waals surface area contributed by atoms with Gasteiger partial charge in [-0.3, -0.25) is 4.79 Å². The Hall–Kier alpha value is -3.10. The highest BCUT2D eigenvalue weighted by Gasteiger charge is 2.17. The average Bonchev–Trinajstić information content (AvgIpc) is 2.69. The maximum absolute atomic E-state index is 14.3.